The third-order valence-electron chi connectivity index (χ3n) is 6.16. The summed E-state index contributed by atoms with van der Waals surface area (Å²) in [7, 11) is 0. The number of halogens is 6. The molecule has 0 spiro atoms. The number of carbonyl (C=O) groups excluding carboxylic acids is 4. The number of nitrogens with one attached hydrogen (secondary N) is 2. The predicted octanol–water partition coefficient (Wildman–Crippen LogP) is 6.18. The molecule has 0 saturated carbocycles. The number of fused-ring (bicyclic) bond motifs is 2. The van der Waals surface area contributed by atoms with Crippen LogP contribution >= 0.6 is 45.9 Å². The van der Waals surface area contributed by atoms with Crippen LogP contribution in [0, 0.1) is 23.3 Å². The number of hydrogen-bond acceptors (Lipinski definition) is 12. The van der Waals surface area contributed by atoms with E-state index in [4.69, 9.17) is 32.7 Å². The third-order valence-corrected chi connectivity index (χ3v) is 8.48. The lowest BCUT2D eigenvalue weighted by molar-refractivity contribution is -0.109. The average Bonchev–Trinajstić information content (AvgIpc) is 3.67. The van der Waals surface area contributed by atoms with E-state index in [9.17, 15) is 36.7 Å². The number of pyridine rings is 2. The second kappa shape index (κ2) is 15.9. The van der Waals surface area contributed by atoms with E-state index in [2.05, 4.69) is 19.9 Å². The van der Waals surface area contributed by atoms with Crippen molar-refractivity contribution in [3.05, 3.63) is 103 Å². The number of benzene rings is 2. The molecule has 0 atom stereocenters. The Hall–Kier alpha value is -5.30. The van der Waals surface area contributed by atoms with Gasteiger partial charge in [-0.2, -0.15) is 0 Å². The summed E-state index contributed by atoms with van der Waals surface area (Å²) in [4.78, 5) is 61.6. The van der Waals surface area contributed by atoms with Crippen LogP contribution in [0.2, 0.25) is 10.0 Å². The summed E-state index contributed by atoms with van der Waals surface area (Å²) in [5.41, 5.74) is -0.659. The first-order chi connectivity index (χ1) is 24.0. The first kappa shape index (κ1) is 36.0. The van der Waals surface area contributed by atoms with E-state index in [-0.39, 0.29) is 37.5 Å². The van der Waals surface area contributed by atoms with Gasteiger partial charge in [0.25, 0.3) is 11.8 Å². The summed E-state index contributed by atoms with van der Waals surface area (Å²) in [6.07, 6.45) is 3.02. The van der Waals surface area contributed by atoms with Gasteiger partial charge in [0.05, 0.1) is 10.0 Å². The number of carbonyl (C=O) groups is 4. The summed E-state index contributed by atoms with van der Waals surface area (Å²) < 4.78 is 66.4. The number of hydrogen-bond donors (Lipinski definition) is 2. The minimum absolute atomic E-state index is 0.0357. The molecular weight excluding hydrogens is 751 g/mol. The van der Waals surface area contributed by atoms with E-state index in [0.717, 1.165) is 24.3 Å². The van der Waals surface area contributed by atoms with Crippen LogP contribution in [0.3, 0.4) is 0 Å². The summed E-state index contributed by atoms with van der Waals surface area (Å²) in [6, 6.07) is 7.10. The number of nitrogens with zero attached hydrogens (tertiary/aromatic N) is 4. The first-order valence-corrected chi connectivity index (χ1v) is 15.9. The normalized spacial score (nSPS) is 10.7. The fourth-order valence-electron chi connectivity index (χ4n) is 4.05. The number of imide groups is 2. The molecule has 20 heteroatoms. The van der Waals surface area contributed by atoms with Crippen LogP contribution in [0.4, 0.5) is 17.6 Å². The molecular formula is C30H16Cl2F4N6O6S2. The smallest absolute Gasteiger partial charge is 0.263 e. The van der Waals surface area contributed by atoms with Gasteiger partial charge in [0.2, 0.25) is 12.8 Å². The summed E-state index contributed by atoms with van der Waals surface area (Å²) in [5, 5.41) is 5.21. The predicted molar refractivity (Wildman–Crippen MR) is 173 cm³/mol. The van der Waals surface area contributed by atoms with Crippen LogP contribution in [0.15, 0.2) is 48.8 Å². The number of rotatable bonds is 10. The standard InChI is InChI=1S/2C15H8ClF2N3O3S/c2*16-7-3-9-15(19-4-7)25-11(21-9)5-24-10-2-1-8(17)12(13(10)18)14(23)20-6-22/h2*1-4,6H,5H2,(H,20,22,23). The van der Waals surface area contributed by atoms with Gasteiger partial charge in [-0.05, 0) is 36.4 Å². The Kier molecular flexibility index (Phi) is 11.5. The monoisotopic (exact) mass is 766 g/mol. The molecule has 4 amide bonds. The molecule has 256 valence electrons. The molecule has 4 heterocycles. The molecule has 0 aliphatic heterocycles. The maximum absolute atomic E-state index is 14.3. The van der Waals surface area contributed by atoms with Crippen molar-refractivity contribution in [3.8, 4) is 11.5 Å². The number of aromatic nitrogens is 4. The molecule has 12 nitrogen and oxygen atoms in total. The lowest BCUT2D eigenvalue weighted by atomic mass is 10.1. The van der Waals surface area contributed by atoms with Crippen molar-refractivity contribution in [1.29, 1.82) is 0 Å². The van der Waals surface area contributed by atoms with E-state index < -0.39 is 46.2 Å². The topological polar surface area (TPSA) is 162 Å². The summed E-state index contributed by atoms with van der Waals surface area (Å²) >= 11 is 14.1. The van der Waals surface area contributed by atoms with Crippen LogP contribution in [-0.4, -0.2) is 44.6 Å². The van der Waals surface area contributed by atoms with Gasteiger partial charge < -0.3 is 9.47 Å². The highest BCUT2D eigenvalue weighted by atomic mass is 35.5. The maximum Gasteiger partial charge on any atom is 0.263 e. The molecule has 0 aliphatic rings. The van der Waals surface area contributed by atoms with E-state index in [0.29, 0.717) is 40.8 Å². The largest absolute Gasteiger partial charge is 0.483 e. The van der Waals surface area contributed by atoms with Crippen molar-refractivity contribution in [2.45, 2.75) is 13.2 Å². The van der Waals surface area contributed by atoms with Crippen molar-refractivity contribution in [1.82, 2.24) is 30.6 Å². The average molecular weight is 768 g/mol. The Morgan fingerprint density at radius 2 is 1.10 bits per heavy atom. The lowest BCUT2D eigenvalue weighted by Gasteiger charge is -2.09. The van der Waals surface area contributed by atoms with Gasteiger partial charge in [-0.1, -0.05) is 45.9 Å². The fourth-order valence-corrected chi connectivity index (χ4v) is 5.95. The summed E-state index contributed by atoms with van der Waals surface area (Å²) in [5.74, 6) is -7.72. The van der Waals surface area contributed by atoms with Gasteiger partial charge in [0, 0.05) is 12.4 Å². The molecule has 0 fully saturated rings. The van der Waals surface area contributed by atoms with Gasteiger partial charge in [0.1, 0.15) is 66.7 Å². The molecule has 0 bridgehead atoms. The zero-order valence-corrected chi connectivity index (χ0v) is 27.7. The van der Waals surface area contributed by atoms with Crippen molar-refractivity contribution >= 4 is 91.2 Å². The minimum Gasteiger partial charge on any atom is -0.483 e. The van der Waals surface area contributed by atoms with Crippen LogP contribution in [0.1, 0.15) is 30.7 Å². The Morgan fingerprint density at radius 3 is 1.48 bits per heavy atom. The highest BCUT2D eigenvalue weighted by molar-refractivity contribution is 7.18. The van der Waals surface area contributed by atoms with Gasteiger partial charge in [-0.3, -0.25) is 29.8 Å². The maximum atomic E-state index is 14.3. The van der Waals surface area contributed by atoms with E-state index in [1.165, 1.54) is 35.1 Å². The molecule has 4 aromatic heterocycles. The SMILES string of the molecule is O=CNC(=O)c1c(F)ccc(OCc2nc3cc(Cl)cnc3s2)c1F.O=CNC(=O)c1c(F)ccc(OCc2nc3cc(Cl)cnc3s2)c1F. The Balaban J connectivity index is 0.000000194. The minimum atomic E-state index is -1.21. The van der Waals surface area contributed by atoms with Crippen molar-refractivity contribution in [2.24, 2.45) is 0 Å². The second-order valence-corrected chi connectivity index (χ2v) is 12.4. The molecule has 0 aliphatic carbocycles. The second-order valence-electron chi connectivity index (χ2n) is 9.40. The van der Waals surface area contributed by atoms with E-state index in [1.807, 2.05) is 0 Å². The Labute approximate surface area is 295 Å². The first-order valence-electron chi connectivity index (χ1n) is 13.5. The van der Waals surface area contributed by atoms with Gasteiger partial charge >= 0.3 is 0 Å². The lowest BCUT2D eigenvalue weighted by Crippen LogP contribution is -2.24. The molecule has 6 rings (SSSR count). The number of thiazole rings is 2. The van der Waals surface area contributed by atoms with Crippen LogP contribution in [0.5, 0.6) is 11.5 Å². The van der Waals surface area contributed by atoms with Crippen molar-refractivity contribution < 1.29 is 46.2 Å². The third kappa shape index (κ3) is 8.28. The van der Waals surface area contributed by atoms with Crippen molar-refractivity contribution in [3.63, 3.8) is 0 Å². The zero-order chi connectivity index (χ0) is 35.9. The molecule has 2 N–H and O–H groups in total. The molecule has 2 aromatic carbocycles. The van der Waals surface area contributed by atoms with Gasteiger partial charge in [-0.15, -0.1) is 0 Å². The molecule has 0 radical (unpaired) electrons. The van der Waals surface area contributed by atoms with Crippen LogP contribution in [0.25, 0.3) is 20.7 Å². The van der Waals surface area contributed by atoms with Crippen LogP contribution < -0.4 is 20.1 Å². The summed E-state index contributed by atoms with van der Waals surface area (Å²) in [6.45, 7) is -0.230. The Bertz CT molecular complexity index is 2120. The van der Waals surface area contributed by atoms with E-state index >= 15 is 0 Å². The zero-order valence-electron chi connectivity index (χ0n) is 24.5. The quantitative estimate of drug-likeness (QED) is 0.122. The number of amides is 4. The van der Waals surface area contributed by atoms with E-state index in [1.54, 1.807) is 22.8 Å². The Morgan fingerprint density at radius 1 is 0.700 bits per heavy atom. The van der Waals surface area contributed by atoms with Crippen molar-refractivity contribution in [2.75, 3.05) is 0 Å². The van der Waals surface area contributed by atoms with Crippen LogP contribution in [-0.2, 0) is 22.8 Å². The highest BCUT2D eigenvalue weighted by Gasteiger charge is 2.23. The van der Waals surface area contributed by atoms with Gasteiger partial charge in [-0.25, -0.2) is 37.5 Å². The fraction of sp³-hybridized carbons (Fsp3) is 0.0667. The molecule has 6 aromatic rings. The molecule has 0 saturated heterocycles. The highest BCUT2D eigenvalue weighted by Crippen LogP contribution is 2.28. The van der Waals surface area contributed by atoms with Gasteiger partial charge in [0.15, 0.2) is 23.1 Å². The molecule has 0 unspecified atom stereocenters. The molecule has 50 heavy (non-hydrogen) atoms. The number of ether oxygens (including phenoxy) is 2.